The number of para-hydroxylation sites is 1. The van der Waals surface area contributed by atoms with E-state index in [0.29, 0.717) is 11.4 Å². The van der Waals surface area contributed by atoms with Crippen LogP contribution >= 0.6 is 11.8 Å². The van der Waals surface area contributed by atoms with Gasteiger partial charge in [-0.25, -0.2) is 0 Å². The third kappa shape index (κ3) is 3.89. The zero-order valence-electron chi connectivity index (χ0n) is 16.7. The monoisotopic (exact) mass is 419 g/mol. The first-order chi connectivity index (χ1) is 14.5. The average molecular weight is 420 g/mol. The van der Waals surface area contributed by atoms with Crippen molar-refractivity contribution in [2.45, 2.75) is 20.4 Å². The van der Waals surface area contributed by atoms with Crippen LogP contribution in [0.25, 0.3) is 17.0 Å². The van der Waals surface area contributed by atoms with Crippen molar-refractivity contribution in [2.24, 2.45) is 0 Å². The SMILES string of the molecule is CCN1C(=O)SC(=Cc2cn(CC(=O)Nc3cccc(C)c3)c3ccccc23)C1=O. The fourth-order valence-corrected chi connectivity index (χ4v) is 4.41. The van der Waals surface area contributed by atoms with E-state index in [1.807, 2.05) is 66.2 Å². The maximum absolute atomic E-state index is 12.6. The van der Waals surface area contributed by atoms with Crippen molar-refractivity contribution in [1.29, 1.82) is 0 Å². The van der Waals surface area contributed by atoms with Gasteiger partial charge in [0.15, 0.2) is 0 Å². The predicted molar refractivity (Wildman–Crippen MR) is 120 cm³/mol. The van der Waals surface area contributed by atoms with Gasteiger partial charge in [0, 0.05) is 34.9 Å². The molecule has 0 atom stereocenters. The first-order valence-electron chi connectivity index (χ1n) is 9.66. The number of thioether (sulfide) groups is 1. The number of hydrogen-bond donors (Lipinski definition) is 1. The summed E-state index contributed by atoms with van der Waals surface area (Å²) in [6.45, 7) is 4.24. The van der Waals surface area contributed by atoms with Gasteiger partial charge in [0.25, 0.3) is 11.1 Å². The van der Waals surface area contributed by atoms with E-state index in [4.69, 9.17) is 0 Å². The molecule has 1 fully saturated rings. The van der Waals surface area contributed by atoms with Gasteiger partial charge in [0.2, 0.25) is 5.91 Å². The second-order valence-electron chi connectivity index (χ2n) is 7.07. The van der Waals surface area contributed by atoms with Gasteiger partial charge in [-0.15, -0.1) is 0 Å². The summed E-state index contributed by atoms with van der Waals surface area (Å²) < 4.78 is 1.86. The van der Waals surface area contributed by atoms with Gasteiger partial charge >= 0.3 is 0 Å². The maximum atomic E-state index is 12.6. The van der Waals surface area contributed by atoms with Crippen molar-refractivity contribution in [2.75, 3.05) is 11.9 Å². The Labute approximate surface area is 178 Å². The largest absolute Gasteiger partial charge is 0.337 e. The summed E-state index contributed by atoms with van der Waals surface area (Å²) in [5.74, 6) is -0.416. The number of carbonyl (C=O) groups excluding carboxylic acids is 3. The lowest BCUT2D eigenvalue weighted by Crippen LogP contribution is -2.27. The van der Waals surface area contributed by atoms with Crippen LogP contribution in [0.5, 0.6) is 0 Å². The minimum Gasteiger partial charge on any atom is -0.337 e. The normalized spacial score (nSPS) is 15.4. The molecule has 0 aliphatic carbocycles. The zero-order valence-corrected chi connectivity index (χ0v) is 17.5. The summed E-state index contributed by atoms with van der Waals surface area (Å²) in [5, 5.41) is 3.59. The highest BCUT2D eigenvalue weighted by molar-refractivity contribution is 8.18. The second-order valence-corrected chi connectivity index (χ2v) is 8.07. The standard InChI is InChI=1S/C23H21N3O3S/c1-3-26-22(28)20(30-23(26)29)12-16-13-25(19-10-5-4-9-18(16)19)14-21(27)24-17-8-6-7-15(2)11-17/h4-13H,3,14H2,1-2H3,(H,24,27). The Morgan fingerprint density at radius 2 is 1.93 bits per heavy atom. The van der Waals surface area contributed by atoms with Crippen LogP contribution in [0.1, 0.15) is 18.1 Å². The van der Waals surface area contributed by atoms with Gasteiger partial charge in [-0.1, -0.05) is 30.3 Å². The number of carbonyl (C=O) groups is 3. The van der Waals surface area contributed by atoms with Gasteiger partial charge in [-0.3, -0.25) is 19.3 Å². The lowest BCUT2D eigenvalue weighted by molar-refractivity contribution is -0.122. The van der Waals surface area contributed by atoms with Crippen molar-refractivity contribution in [3.05, 3.63) is 70.8 Å². The van der Waals surface area contributed by atoms with Gasteiger partial charge in [-0.2, -0.15) is 0 Å². The molecular formula is C23H21N3O3S. The molecule has 1 aliphatic heterocycles. The van der Waals surface area contributed by atoms with Crippen LogP contribution < -0.4 is 5.32 Å². The van der Waals surface area contributed by atoms with Crippen molar-refractivity contribution in [1.82, 2.24) is 9.47 Å². The summed E-state index contributed by atoms with van der Waals surface area (Å²) in [6, 6.07) is 15.3. The van der Waals surface area contributed by atoms with E-state index in [-0.39, 0.29) is 23.6 Å². The fraction of sp³-hybridized carbons (Fsp3) is 0.174. The molecule has 1 N–H and O–H groups in total. The molecule has 0 radical (unpaired) electrons. The third-order valence-electron chi connectivity index (χ3n) is 4.91. The Kier molecular flexibility index (Phi) is 5.46. The van der Waals surface area contributed by atoms with Crippen LogP contribution in [0.4, 0.5) is 10.5 Å². The van der Waals surface area contributed by atoms with Gasteiger partial charge in [0.05, 0.1) is 4.91 Å². The van der Waals surface area contributed by atoms with Gasteiger partial charge < -0.3 is 9.88 Å². The molecule has 7 heteroatoms. The Balaban J connectivity index is 1.63. The van der Waals surface area contributed by atoms with E-state index in [1.165, 1.54) is 4.90 Å². The number of nitrogens with zero attached hydrogens (tertiary/aromatic N) is 2. The molecule has 2 heterocycles. The van der Waals surface area contributed by atoms with Crippen molar-refractivity contribution >= 4 is 51.5 Å². The molecule has 4 rings (SSSR count). The molecule has 0 unspecified atom stereocenters. The summed E-state index contributed by atoms with van der Waals surface area (Å²) >= 11 is 0.946. The number of amides is 3. The van der Waals surface area contributed by atoms with Crippen LogP contribution in [0.2, 0.25) is 0 Å². The number of benzene rings is 2. The van der Waals surface area contributed by atoms with Crippen LogP contribution in [-0.4, -0.2) is 33.1 Å². The first-order valence-corrected chi connectivity index (χ1v) is 10.5. The highest BCUT2D eigenvalue weighted by atomic mass is 32.2. The molecule has 0 bridgehead atoms. The topological polar surface area (TPSA) is 71.4 Å². The molecule has 1 aromatic heterocycles. The van der Waals surface area contributed by atoms with E-state index < -0.39 is 0 Å². The zero-order chi connectivity index (χ0) is 21.3. The molecule has 152 valence electrons. The van der Waals surface area contributed by atoms with Crippen molar-refractivity contribution in [3.8, 4) is 0 Å². The number of imide groups is 1. The Hall–Kier alpha value is -3.32. The minimum atomic E-state index is -0.276. The van der Waals surface area contributed by atoms with Crippen LogP contribution in [-0.2, 0) is 16.1 Å². The molecule has 30 heavy (non-hydrogen) atoms. The third-order valence-corrected chi connectivity index (χ3v) is 5.82. The Morgan fingerprint density at radius 3 is 2.67 bits per heavy atom. The van der Waals surface area contributed by atoms with Crippen molar-refractivity contribution < 1.29 is 14.4 Å². The fourth-order valence-electron chi connectivity index (χ4n) is 3.51. The summed E-state index contributed by atoms with van der Waals surface area (Å²) in [6.07, 6.45) is 3.58. The smallest absolute Gasteiger partial charge is 0.293 e. The lowest BCUT2D eigenvalue weighted by Gasteiger charge is -2.08. The summed E-state index contributed by atoms with van der Waals surface area (Å²) in [7, 11) is 0. The molecule has 3 aromatic rings. The summed E-state index contributed by atoms with van der Waals surface area (Å²) in [5.41, 5.74) is 3.51. The molecule has 0 saturated carbocycles. The predicted octanol–water partition coefficient (Wildman–Crippen LogP) is 4.64. The number of anilines is 1. The molecule has 6 nitrogen and oxygen atoms in total. The first kappa shape index (κ1) is 20.0. The second kappa shape index (κ2) is 8.20. The van der Waals surface area contributed by atoms with Gasteiger partial charge in [-0.05, 0) is 55.4 Å². The molecule has 2 aromatic carbocycles. The van der Waals surface area contributed by atoms with E-state index >= 15 is 0 Å². The van der Waals surface area contributed by atoms with Crippen LogP contribution in [0, 0.1) is 6.92 Å². The molecule has 1 aliphatic rings. The molecule has 1 saturated heterocycles. The average Bonchev–Trinajstić information content (AvgIpc) is 3.18. The lowest BCUT2D eigenvalue weighted by atomic mass is 10.1. The number of aryl methyl sites for hydroxylation is 1. The number of nitrogens with one attached hydrogen (secondary N) is 1. The summed E-state index contributed by atoms with van der Waals surface area (Å²) in [4.78, 5) is 38.7. The number of hydrogen-bond acceptors (Lipinski definition) is 4. The molecular weight excluding hydrogens is 398 g/mol. The number of aromatic nitrogens is 1. The number of rotatable bonds is 5. The van der Waals surface area contributed by atoms with Gasteiger partial charge in [0.1, 0.15) is 6.54 Å². The van der Waals surface area contributed by atoms with E-state index in [2.05, 4.69) is 5.32 Å². The number of likely N-dealkylation sites (N-methyl/N-ethyl adjacent to an activating group) is 1. The maximum Gasteiger partial charge on any atom is 0.293 e. The van der Waals surface area contributed by atoms with E-state index in [0.717, 1.165) is 39.5 Å². The highest BCUT2D eigenvalue weighted by Gasteiger charge is 2.33. The van der Waals surface area contributed by atoms with Crippen LogP contribution in [0.3, 0.4) is 0 Å². The molecule has 3 amide bonds. The Bertz CT molecular complexity index is 1200. The van der Waals surface area contributed by atoms with E-state index in [1.54, 1.807) is 13.0 Å². The van der Waals surface area contributed by atoms with Crippen molar-refractivity contribution in [3.63, 3.8) is 0 Å². The Morgan fingerprint density at radius 1 is 1.13 bits per heavy atom. The minimum absolute atomic E-state index is 0.138. The van der Waals surface area contributed by atoms with Crippen LogP contribution in [0.15, 0.2) is 59.6 Å². The quantitative estimate of drug-likeness (QED) is 0.612. The number of fused-ring (bicyclic) bond motifs is 1. The highest BCUT2D eigenvalue weighted by Crippen LogP contribution is 2.33. The molecule has 0 spiro atoms. The van der Waals surface area contributed by atoms with E-state index in [9.17, 15) is 14.4 Å².